The third kappa shape index (κ3) is 3.73. The Morgan fingerprint density at radius 2 is 2.25 bits per heavy atom. The van der Waals surface area contributed by atoms with Crippen LogP contribution in [-0.4, -0.2) is 47.0 Å². The number of hydrogen-bond donors (Lipinski definition) is 2. The monoisotopic (exact) mass is 295 g/mol. The second kappa shape index (κ2) is 6.42. The van der Waals surface area contributed by atoms with Gasteiger partial charge in [0.25, 0.3) is 5.95 Å². The summed E-state index contributed by atoms with van der Waals surface area (Å²) >= 11 is 0. The number of aromatic nitrogens is 5. The summed E-state index contributed by atoms with van der Waals surface area (Å²) in [7, 11) is -0.833. The van der Waals surface area contributed by atoms with Crippen LogP contribution in [0.4, 0.5) is 11.9 Å². The highest BCUT2D eigenvalue weighted by Crippen LogP contribution is 2.07. The summed E-state index contributed by atoms with van der Waals surface area (Å²) in [6.45, 7) is 2.55. The maximum Gasteiger partial charge on any atom is 0.257 e. The fourth-order valence-electron chi connectivity index (χ4n) is 1.50. The van der Waals surface area contributed by atoms with Crippen LogP contribution < -0.4 is 11.1 Å². The summed E-state index contributed by atoms with van der Waals surface area (Å²) in [4.78, 5) is 12.3. The second-order valence-corrected chi connectivity index (χ2v) is 6.09. The molecule has 3 N–H and O–H groups in total. The molecule has 2 unspecified atom stereocenters. The van der Waals surface area contributed by atoms with Crippen LogP contribution in [0.25, 0.3) is 5.95 Å². The van der Waals surface area contributed by atoms with Crippen LogP contribution in [0, 0.1) is 0 Å². The van der Waals surface area contributed by atoms with Gasteiger partial charge in [0.2, 0.25) is 11.9 Å². The number of nitrogen functional groups attached to an aromatic ring is 1. The molecule has 0 aliphatic carbocycles. The molecule has 8 nitrogen and oxygen atoms in total. The lowest BCUT2D eigenvalue weighted by Crippen LogP contribution is -2.17. The smallest absolute Gasteiger partial charge is 0.257 e. The minimum atomic E-state index is -0.833. The molecule has 0 radical (unpaired) electrons. The van der Waals surface area contributed by atoms with Crippen LogP contribution in [0.1, 0.15) is 13.3 Å². The Labute approximate surface area is 119 Å². The molecule has 0 saturated carbocycles. The van der Waals surface area contributed by atoms with Gasteiger partial charge < -0.3 is 11.1 Å². The molecule has 0 bridgehead atoms. The molecule has 2 aromatic rings. The van der Waals surface area contributed by atoms with E-state index in [0.717, 1.165) is 6.42 Å². The van der Waals surface area contributed by atoms with Crippen molar-refractivity contribution >= 4 is 22.7 Å². The SMILES string of the molecule is CC(CCNc1nc(N)nc(-n2cccn2)n1)S(C)=O. The number of anilines is 2. The van der Waals surface area contributed by atoms with E-state index in [1.807, 2.05) is 6.92 Å². The van der Waals surface area contributed by atoms with Gasteiger partial charge in [-0.05, 0) is 12.5 Å². The first-order chi connectivity index (χ1) is 9.56. The van der Waals surface area contributed by atoms with Crippen molar-refractivity contribution in [3.8, 4) is 5.95 Å². The van der Waals surface area contributed by atoms with Gasteiger partial charge in [0.05, 0.1) is 0 Å². The standard InChI is InChI=1S/C11H17N7OS/c1-8(20(2)19)4-6-13-10-15-9(12)16-11(17-10)18-7-3-5-14-18/h3,5,7-8H,4,6H2,1-2H3,(H3,12,13,15,16,17). The van der Waals surface area contributed by atoms with Gasteiger partial charge in [0.1, 0.15) is 0 Å². The van der Waals surface area contributed by atoms with Crippen molar-refractivity contribution in [3.05, 3.63) is 18.5 Å². The molecule has 0 spiro atoms. The molecule has 2 atom stereocenters. The summed E-state index contributed by atoms with van der Waals surface area (Å²) in [5.74, 6) is 0.870. The molecule has 0 aliphatic rings. The molecule has 108 valence electrons. The van der Waals surface area contributed by atoms with Crippen LogP contribution in [0.3, 0.4) is 0 Å². The first-order valence-electron chi connectivity index (χ1n) is 6.14. The summed E-state index contributed by atoms with van der Waals surface area (Å²) in [5, 5.41) is 7.21. The summed E-state index contributed by atoms with van der Waals surface area (Å²) in [6.07, 6.45) is 5.80. The van der Waals surface area contributed by atoms with E-state index in [9.17, 15) is 4.21 Å². The topological polar surface area (TPSA) is 112 Å². The van der Waals surface area contributed by atoms with E-state index in [0.29, 0.717) is 18.4 Å². The van der Waals surface area contributed by atoms with Crippen LogP contribution in [-0.2, 0) is 10.8 Å². The number of hydrogen-bond acceptors (Lipinski definition) is 7. The Bertz CT molecular complexity index is 586. The third-order valence-electron chi connectivity index (χ3n) is 2.75. The number of nitrogens with one attached hydrogen (secondary N) is 1. The Morgan fingerprint density at radius 1 is 1.45 bits per heavy atom. The third-order valence-corrected chi connectivity index (χ3v) is 4.12. The first-order valence-corrected chi connectivity index (χ1v) is 7.76. The van der Waals surface area contributed by atoms with Gasteiger partial charge in [-0.3, -0.25) is 4.21 Å². The maximum atomic E-state index is 11.3. The Hall–Kier alpha value is -2.03. The van der Waals surface area contributed by atoms with E-state index in [4.69, 9.17) is 5.73 Å². The van der Waals surface area contributed by atoms with E-state index < -0.39 is 10.8 Å². The zero-order chi connectivity index (χ0) is 14.5. The van der Waals surface area contributed by atoms with Crippen LogP contribution in [0.15, 0.2) is 18.5 Å². The van der Waals surface area contributed by atoms with Crippen LogP contribution in [0.5, 0.6) is 0 Å². The quantitative estimate of drug-likeness (QED) is 0.783. The fraction of sp³-hybridized carbons (Fsp3) is 0.455. The maximum absolute atomic E-state index is 11.3. The highest BCUT2D eigenvalue weighted by Gasteiger charge is 2.08. The van der Waals surface area contributed by atoms with Crippen molar-refractivity contribution in [2.75, 3.05) is 23.9 Å². The lowest BCUT2D eigenvalue weighted by atomic mass is 10.3. The predicted molar refractivity (Wildman–Crippen MR) is 78.0 cm³/mol. The van der Waals surface area contributed by atoms with E-state index in [2.05, 4.69) is 25.4 Å². The second-order valence-electron chi connectivity index (χ2n) is 4.29. The molecule has 2 rings (SSSR count). The van der Waals surface area contributed by atoms with Crippen LogP contribution in [0.2, 0.25) is 0 Å². The Morgan fingerprint density at radius 3 is 2.90 bits per heavy atom. The number of rotatable bonds is 6. The molecule has 0 fully saturated rings. The molecular weight excluding hydrogens is 278 g/mol. The van der Waals surface area contributed by atoms with Crippen molar-refractivity contribution < 1.29 is 4.21 Å². The molecule has 0 amide bonds. The van der Waals surface area contributed by atoms with Gasteiger partial charge in [0, 0.05) is 41.2 Å². The lowest BCUT2D eigenvalue weighted by Gasteiger charge is -2.10. The number of nitrogens with zero attached hydrogens (tertiary/aromatic N) is 5. The summed E-state index contributed by atoms with van der Waals surface area (Å²) < 4.78 is 12.8. The normalized spacial score (nSPS) is 13.9. The average molecular weight is 295 g/mol. The van der Waals surface area contributed by atoms with Gasteiger partial charge in [0.15, 0.2) is 0 Å². The van der Waals surface area contributed by atoms with Crippen molar-refractivity contribution in [1.82, 2.24) is 24.7 Å². The zero-order valence-electron chi connectivity index (χ0n) is 11.4. The minimum absolute atomic E-state index is 0.118. The van der Waals surface area contributed by atoms with Gasteiger partial charge in [-0.15, -0.1) is 0 Å². The van der Waals surface area contributed by atoms with E-state index in [-0.39, 0.29) is 11.2 Å². The van der Waals surface area contributed by atoms with Gasteiger partial charge in [-0.1, -0.05) is 6.92 Å². The van der Waals surface area contributed by atoms with E-state index >= 15 is 0 Å². The lowest BCUT2D eigenvalue weighted by molar-refractivity contribution is 0.672. The molecule has 2 aromatic heterocycles. The largest absolute Gasteiger partial charge is 0.368 e. The van der Waals surface area contributed by atoms with Gasteiger partial charge >= 0.3 is 0 Å². The van der Waals surface area contributed by atoms with Crippen LogP contribution >= 0.6 is 0 Å². The molecule has 9 heteroatoms. The zero-order valence-corrected chi connectivity index (χ0v) is 12.2. The molecular formula is C11H17N7OS. The van der Waals surface area contributed by atoms with Crippen molar-refractivity contribution in [3.63, 3.8) is 0 Å². The number of nitrogens with two attached hydrogens (primary N) is 1. The minimum Gasteiger partial charge on any atom is -0.368 e. The average Bonchev–Trinajstić information content (AvgIpc) is 2.91. The summed E-state index contributed by atoms with van der Waals surface area (Å²) in [5.41, 5.74) is 5.65. The summed E-state index contributed by atoms with van der Waals surface area (Å²) in [6, 6.07) is 1.77. The van der Waals surface area contributed by atoms with E-state index in [1.54, 1.807) is 24.7 Å². The van der Waals surface area contributed by atoms with Gasteiger partial charge in [-0.2, -0.15) is 20.1 Å². The van der Waals surface area contributed by atoms with Crippen molar-refractivity contribution in [2.24, 2.45) is 0 Å². The molecule has 0 saturated heterocycles. The van der Waals surface area contributed by atoms with Crippen molar-refractivity contribution in [2.45, 2.75) is 18.6 Å². The molecule has 20 heavy (non-hydrogen) atoms. The van der Waals surface area contributed by atoms with E-state index in [1.165, 1.54) is 4.68 Å². The first kappa shape index (κ1) is 14.4. The Balaban J connectivity index is 2.03. The predicted octanol–water partition coefficient (Wildman–Crippen LogP) is 0.208. The highest BCUT2D eigenvalue weighted by atomic mass is 32.2. The highest BCUT2D eigenvalue weighted by molar-refractivity contribution is 7.84. The fourth-order valence-corrected chi connectivity index (χ4v) is 1.95. The molecule has 0 aliphatic heterocycles. The molecule has 2 heterocycles. The van der Waals surface area contributed by atoms with Crippen molar-refractivity contribution in [1.29, 1.82) is 0 Å². The molecule has 0 aromatic carbocycles. The Kier molecular flexibility index (Phi) is 4.61. The van der Waals surface area contributed by atoms with Gasteiger partial charge in [-0.25, -0.2) is 4.68 Å².